The monoisotopic (exact) mass is 372 g/mol. The topological polar surface area (TPSA) is 32.3 Å². The van der Waals surface area contributed by atoms with Gasteiger partial charge in [-0.15, -0.1) is 0 Å². The Balaban J connectivity index is 1.49. The maximum absolute atomic E-state index is 4.43. The molecule has 0 saturated carbocycles. The summed E-state index contributed by atoms with van der Waals surface area (Å²) in [5, 5.41) is 0. The third-order valence-electron chi connectivity index (χ3n) is 5.14. The second kappa shape index (κ2) is 6.57. The molecule has 120 valence electrons. The van der Waals surface area contributed by atoms with Gasteiger partial charge in [0.05, 0.1) is 0 Å². The third kappa shape index (κ3) is 3.12. The number of rotatable bonds is 3. The second-order valence-corrected chi connectivity index (χ2v) is 7.32. The fourth-order valence-electron chi connectivity index (χ4n) is 3.91. The Labute approximate surface area is 145 Å². The van der Waals surface area contributed by atoms with Gasteiger partial charge in [-0.2, -0.15) is 0 Å². The molecular weight excluding hydrogens is 352 g/mol. The maximum atomic E-state index is 4.43. The zero-order valence-corrected chi connectivity index (χ0v) is 14.7. The molecule has 2 unspecified atom stereocenters. The molecule has 23 heavy (non-hydrogen) atoms. The third-order valence-corrected chi connectivity index (χ3v) is 5.92. The number of benzene rings is 1. The van der Waals surface area contributed by atoms with Gasteiger partial charge in [-0.1, -0.05) is 34.1 Å². The molecule has 0 bridgehead atoms. The Morgan fingerprint density at radius 1 is 1.04 bits per heavy atom. The molecule has 2 atom stereocenters. The smallest absolute Gasteiger partial charge is 0.225 e. The minimum atomic E-state index is 0.611. The molecule has 4 nitrogen and oxygen atoms in total. The van der Waals surface area contributed by atoms with Gasteiger partial charge in [0.15, 0.2) is 0 Å². The van der Waals surface area contributed by atoms with Crippen LogP contribution in [-0.2, 0) is 6.54 Å². The van der Waals surface area contributed by atoms with E-state index in [1.165, 1.54) is 29.4 Å². The van der Waals surface area contributed by atoms with Crippen LogP contribution in [0.2, 0.25) is 0 Å². The van der Waals surface area contributed by atoms with Crippen LogP contribution in [0, 0.1) is 5.92 Å². The average Bonchev–Trinajstić information content (AvgIpc) is 3.00. The van der Waals surface area contributed by atoms with E-state index >= 15 is 0 Å². The highest BCUT2D eigenvalue weighted by Crippen LogP contribution is 2.34. The lowest BCUT2D eigenvalue weighted by Crippen LogP contribution is -2.48. The fraction of sp³-hybridized carbons (Fsp3) is 0.444. The average molecular weight is 373 g/mol. The van der Waals surface area contributed by atoms with Gasteiger partial charge in [-0.05, 0) is 43.0 Å². The molecule has 0 amide bonds. The number of likely N-dealkylation sites (tertiary alicyclic amines) is 1. The summed E-state index contributed by atoms with van der Waals surface area (Å²) in [5.41, 5.74) is 1.38. The number of halogens is 1. The summed E-state index contributed by atoms with van der Waals surface area (Å²) in [5.74, 6) is 1.69. The Morgan fingerprint density at radius 2 is 1.83 bits per heavy atom. The first-order valence-electron chi connectivity index (χ1n) is 8.30. The lowest BCUT2D eigenvalue weighted by molar-refractivity contribution is 0.199. The molecule has 0 aliphatic carbocycles. The van der Waals surface area contributed by atoms with E-state index in [4.69, 9.17) is 0 Å². The Kier molecular flexibility index (Phi) is 4.31. The first-order valence-corrected chi connectivity index (χ1v) is 9.10. The van der Waals surface area contributed by atoms with E-state index in [1.54, 1.807) is 0 Å². The number of hydrogen-bond acceptors (Lipinski definition) is 4. The van der Waals surface area contributed by atoms with Crippen LogP contribution in [0.1, 0.15) is 18.4 Å². The standard InChI is InChI=1S/C18H21BrN4/c19-16-5-2-1-4-15(16)12-22-10-6-14-7-11-23(13-17(14)22)18-20-8-3-9-21-18/h1-5,8-9,14,17H,6-7,10-13H2. The highest BCUT2D eigenvalue weighted by molar-refractivity contribution is 9.10. The highest BCUT2D eigenvalue weighted by Gasteiger charge is 2.38. The predicted molar refractivity (Wildman–Crippen MR) is 95.3 cm³/mol. The Morgan fingerprint density at radius 3 is 2.65 bits per heavy atom. The minimum absolute atomic E-state index is 0.611. The molecule has 2 fully saturated rings. The first kappa shape index (κ1) is 15.1. The van der Waals surface area contributed by atoms with Gasteiger partial charge in [0.1, 0.15) is 0 Å². The summed E-state index contributed by atoms with van der Waals surface area (Å²) < 4.78 is 1.21. The van der Waals surface area contributed by atoms with E-state index in [1.807, 2.05) is 18.5 Å². The molecule has 0 N–H and O–H groups in total. The van der Waals surface area contributed by atoms with Crippen LogP contribution in [0.3, 0.4) is 0 Å². The van der Waals surface area contributed by atoms with E-state index in [0.717, 1.165) is 31.5 Å². The quantitative estimate of drug-likeness (QED) is 0.826. The second-order valence-electron chi connectivity index (χ2n) is 6.46. The summed E-state index contributed by atoms with van der Waals surface area (Å²) in [7, 11) is 0. The molecule has 1 aromatic heterocycles. The van der Waals surface area contributed by atoms with Crippen molar-refractivity contribution < 1.29 is 0 Å². The van der Waals surface area contributed by atoms with Crippen LogP contribution in [0.25, 0.3) is 0 Å². The van der Waals surface area contributed by atoms with Crippen molar-refractivity contribution in [3.63, 3.8) is 0 Å². The van der Waals surface area contributed by atoms with Crippen molar-refractivity contribution in [3.8, 4) is 0 Å². The van der Waals surface area contributed by atoms with Gasteiger partial charge in [0, 0.05) is 42.5 Å². The number of aromatic nitrogens is 2. The summed E-state index contributed by atoms with van der Waals surface area (Å²) in [6, 6.07) is 11.0. The van der Waals surface area contributed by atoms with Gasteiger partial charge in [0.25, 0.3) is 0 Å². The molecule has 2 aliphatic rings. The van der Waals surface area contributed by atoms with E-state index in [-0.39, 0.29) is 0 Å². The van der Waals surface area contributed by atoms with Gasteiger partial charge in [-0.25, -0.2) is 9.97 Å². The molecule has 0 radical (unpaired) electrons. The predicted octanol–water partition coefficient (Wildman–Crippen LogP) is 3.34. The van der Waals surface area contributed by atoms with E-state index in [9.17, 15) is 0 Å². The van der Waals surface area contributed by atoms with Crippen molar-refractivity contribution in [2.24, 2.45) is 5.92 Å². The zero-order chi connectivity index (χ0) is 15.6. The van der Waals surface area contributed by atoms with Crippen molar-refractivity contribution in [1.82, 2.24) is 14.9 Å². The largest absolute Gasteiger partial charge is 0.339 e. The van der Waals surface area contributed by atoms with Crippen molar-refractivity contribution in [1.29, 1.82) is 0 Å². The lowest BCUT2D eigenvalue weighted by Gasteiger charge is -2.38. The Bertz CT molecular complexity index is 663. The summed E-state index contributed by atoms with van der Waals surface area (Å²) in [6.07, 6.45) is 6.23. The normalized spacial score (nSPS) is 24.7. The van der Waals surface area contributed by atoms with Crippen LogP contribution in [0.4, 0.5) is 5.95 Å². The van der Waals surface area contributed by atoms with Crippen LogP contribution in [0.15, 0.2) is 47.2 Å². The Hall–Kier alpha value is -1.46. The summed E-state index contributed by atoms with van der Waals surface area (Å²) in [6.45, 7) is 4.33. The van der Waals surface area contributed by atoms with Crippen LogP contribution in [-0.4, -0.2) is 40.5 Å². The summed E-state index contributed by atoms with van der Waals surface area (Å²) >= 11 is 3.68. The molecule has 2 aromatic rings. The first-order chi connectivity index (χ1) is 11.3. The van der Waals surface area contributed by atoms with Gasteiger partial charge >= 0.3 is 0 Å². The summed E-state index contributed by atoms with van der Waals surface area (Å²) in [4.78, 5) is 13.8. The molecule has 3 heterocycles. The molecular formula is C18H21BrN4. The van der Waals surface area contributed by atoms with Gasteiger partial charge < -0.3 is 4.90 Å². The van der Waals surface area contributed by atoms with Crippen molar-refractivity contribution >= 4 is 21.9 Å². The van der Waals surface area contributed by atoms with E-state index in [2.05, 4.69) is 60.0 Å². The number of piperidine rings is 1. The van der Waals surface area contributed by atoms with E-state index < -0.39 is 0 Å². The molecule has 4 rings (SSSR count). The zero-order valence-electron chi connectivity index (χ0n) is 13.1. The number of fused-ring (bicyclic) bond motifs is 1. The lowest BCUT2D eigenvalue weighted by atomic mass is 9.92. The van der Waals surface area contributed by atoms with Crippen LogP contribution >= 0.6 is 15.9 Å². The van der Waals surface area contributed by atoms with Crippen molar-refractivity contribution in [2.45, 2.75) is 25.4 Å². The van der Waals surface area contributed by atoms with Gasteiger partial charge in [-0.3, -0.25) is 4.90 Å². The van der Waals surface area contributed by atoms with Gasteiger partial charge in [0.2, 0.25) is 5.95 Å². The SMILES string of the molecule is Brc1ccccc1CN1CCC2CCN(c3ncccn3)CC21. The fourth-order valence-corrected chi connectivity index (χ4v) is 4.32. The van der Waals surface area contributed by atoms with Crippen molar-refractivity contribution in [2.75, 3.05) is 24.5 Å². The molecule has 2 aliphatic heterocycles. The molecule has 2 saturated heterocycles. The number of anilines is 1. The molecule has 5 heteroatoms. The maximum Gasteiger partial charge on any atom is 0.225 e. The number of hydrogen-bond donors (Lipinski definition) is 0. The molecule has 0 spiro atoms. The van der Waals surface area contributed by atoms with E-state index in [0.29, 0.717) is 6.04 Å². The molecule has 1 aromatic carbocycles. The minimum Gasteiger partial charge on any atom is -0.339 e. The highest BCUT2D eigenvalue weighted by atomic mass is 79.9. The van der Waals surface area contributed by atoms with Crippen LogP contribution in [0.5, 0.6) is 0 Å². The van der Waals surface area contributed by atoms with Crippen molar-refractivity contribution in [3.05, 3.63) is 52.8 Å². The number of nitrogens with zero attached hydrogens (tertiary/aromatic N) is 4. The van der Waals surface area contributed by atoms with Crippen LogP contribution < -0.4 is 4.90 Å².